The first-order valence-corrected chi connectivity index (χ1v) is 13.0. The van der Waals surface area contributed by atoms with E-state index in [1.54, 1.807) is 0 Å². The lowest BCUT2D eigenvalue weighted by Gasteiger charge is -2.10. The molecule has 33 heavy (non-hydrogen) atoms. The van der Waals surface area contributed by atoms with E-state index in [4.69, 9.17) is 4.74 Å². The Balaban J connectivity index is 1.53. The van der Waals surface area contributed by atoms with Crippen LogP contribution in [0.5, 0.6) is 5.75 Å². The Morgan fingerprint density at radius 1 is 1.21 bits per heavy atom. The molecule has 0 aliphatic rings. The maximum atomic E-state index is 12.4. The summed E-state index contributed by atoms with van der Waals surface area (Å²) < 4.78 is 9.81. The van der Waals surface area contributed by atoms with Crippen molar-refractivity contribution in [2.75, 3.05) is 17.7 Å². The third kappa shape index (κ3) is 7.45. The van der Waals surface area contributed by atoms with Gasteiger partial charge < -0.3 is 14.6 Å². The molecule has 3 rings (SSSR count). The van der Waals surface area contributed by atoms with Crippen LogP contribution >= 0.6 is 43.6 Å². The molecule has 0 saturated heterocycles. The van der Waals surface area contributed by atoms with Gasteiger partial charge in [-0.3, -0.25) is 4.79 Å². The maximum absolute atomic E-state index is 12.4. The molecule has 0 saturated carbocycles. The Bertz CT molecular complexity index is 1130. The van der Waals surface area contributed by atoms with Gasteiger partial charge in [-0.1, -0.05) is 39.8 Å². The molecule has 2 aromatic carbocycles. The second kappa shape index (κ2) is 12.4. The SMILES string of the molecule is C=CCn1c(CCCOc2ccc(Br)cc2C)nnc1SCC(=O)Nc1ccc(C)cc1Br. The lowest BCUT2D eigenvalue weighted by atomic mass is 10.2. The van der Waals surface area contributed by atoms with Crippen LogP contribution in [0.25, 0.3) is 0 Å². The molecule has 6 nitrogen and oxygen atoms in total. The number of nitrogens with zero attached hydrogens (tertiary/aromatic N) is 3. The number of allylic oxidation sites excluding steroid dienone is 1. The highest BCUT2D eigenvalue weighted by Gasteiger charge is 2.14. The number of benzene rings is 2. The van der Waals surface area contributed by atoms with E-state index in [9.17, 15) is 4.79 Å². The van der Waals surface area contributed by atoms with Gasteiger partial charge in [0.15, 0.2) is 5.16 Å². The van der Waals surface area contributed by atoms with Crippen LogP contribution in [0.2, 0.25) is 0 Å². The number of amides is 1. The van der Waals surface area contributed by atoms with Crippen LogP contribution in [0.1, 0.15) is 23.4 Å². The predicted molar refractivity (Wildman–Crippen MR) is 141 cm³/mol. The van der Waals surface area contributed by atoms with E-state index in [-0.39, 0.29) is 11.7 Å². The molecule has 0 bridgehead atoms. The van der Waals surface area contributed by atoms with E-state index in [2.05, 4.69) is 54.0 Å². The maximum Gasteiger partial charge on any atom is 0.234 e. The number of rotatable bonds is 11. The number of aryl methyl sites for hydroxylation is 3. The summed E-state index contributed by atoms with van der Waals surface area (Å²) in [6.45, 7) is 9.04. The summed E-state index contributed by atoms with van der Waals surface area (Å²) in [5, 5.41) is 12.3. The lowest BCUT2D eigenvalue weighted by Crippen LogP contribution is -2.15. The van der Waals surface area contributed by atoms with Crippen molar-refractivity contribution < 1.29 is 9.53 Å². The van der Waals surface area contributed by atoms with Crippen molar-refractivity contribution in [3.8, 4) is 5.75 Å². The van der Waals surface area contributed by atoms with Gasteiger partial charge in [-0.15, -0.1) is 16.8 Å². The zero-order chi connectivity index (χ0) is 23.8. The van der Waals surface area contributed by atoms with E-state index in [0.717, 1.165) is 50.2 Å². The Hall–Kier alpha value is -2.10. The largest absolute Gasteiger partial charge is 0.493 e. The lowest BCUT2D eigenvalue weighted by molar-refractivity contribution is -0.113. The number of carbonyl (C=O) groups is 1. The third-order valence-electron chi connectivity index (χ3n) is 4.78. The zero-order valence-corrected chi connectivity index (χ0v) is 22.6. The minimum Gasteiger partial charge on any atom is -0.493 e. The van der Waals surface area contributed by atoms with Crippen molar-refractivity contribution in [2.45, 2.75) is 38.4 Å². The highest BCUT2D eigenvalue weighted by Crippen LogP contribution is 2.25. The number of thioether (sulfide) groups is 1. The quantitative estimate of drug-likeness (QED) is 0.159. The van der Waals surface area contributed by atoms with Crippen LogP contribution in [-0.2, 0) is 17.8 Å². The van der Waals surface area contributed by atoms with Crippen LogP contribution in [0.3, 0.4) is 0 Å². The molecule has 3 aromatic rings. The van der Waals surface area contributed by atoms with Crippen molar-refractivity contribution in [1.82, 2.24) is 14.8 Å². The van der Waals surface area contributed by atoms with E-state index >= 15 is 0 Å². The molecule has 9 heteroatoms. The molecular formula is C24H26Br2N4O2S. The van der Waals surface area contributed by atoms with Gasteiger partial charge in [-0.05, 0) is 77.7 Å². The van der Waals surface area contributed by atoms with E-state index in [1.807, 2.05) is 60.9 Å². The fraction of sp³-hybridized carbons (Fsp3) is 0.292. The fourth-order valence-electron chi connectivity index (χ4n) is 3.15. The van der Waals surface area contributed by atoms with Crippen molar-refractivity contribution in [1.29, 1.82) is 0 Å². The fourth-order valence-corrected chi connectivity index (χ4v) is 4.98. The Labute approximate surface area is 215 Å². The Morgan fingerprint density at radius 3 is 2.76 bits per heavy atom. The second-order valence-electron chi connectivity index (χ2n) is 7.48. The first-order chi connectivity index (χ1) is 15.9. The number of ether oxygens (including phenoxy) is 1. The molecule has 0 aliphatic carbocycles. The number of hydrogen-bond donors (Lipinski definition) is 1. The molecule has 0 aliphatic heterocycles. The van der Waals surface area contributed by atoms with Crippen LogP contribution < -0.4 is 10.1 Å². The number of hydrogen-bond acceptors (Lipinski definition) is 5. The summed E-state index contributed by atoms with van der Waals surface area (Å²) in [7, 11) is 0. The van der Waals surface area contributed by atoms with Gasteiger partial charge in [0, 0.05) is 21.9 Å². The molecule has 1 heterocycles. The van der Waals surface area contributed by atoms with Gasteiger partial charge in [0.1, 0.15) is 11.6 Å². The van der Waals surface area contributed by atoms with Crippen molar-refractivity contribution in [3.63, 3.8) is 0 Å². The van der Waals surface area contributed by atoms with Gasteiger partial charge in [0.2, 0.25) is 5.91 Å². The monoisotopic (exact) mass is 592 g/mol. The topological polar surface area (TPSA) is 69.0 Å². The molecule has 174 valence electrons. The van der Waals surface area contributed by atoms with Gasteiger partial charge in [0.25, 0.3) is 0 Å². The van der Waals surface area contributed by atoms with Crippen molar-refractivity contribution in [3.05, 3.63) is 74.9 Å². The van der Waals surface area contributed by atoms with Gasteiger partial charge >= 0.3 is 0 Å². The predicted octanol–water partition coefficient (Wildman–Crippen LogP) is 6.35. The average molecular weight is 594 g/mol. The minimum absolute atomic E-state index is 0.0995. The van der Waals surface area contributed by atoms with E-state index in [1.165, 1.54) is 11.8 Å². The number of aromatic nitrogens is 3. The van der Waals surface area contributed by atoms with Gasteiger partial charge in [-0.25, -0.2) is 0 Å². The third-order valence-corrected chi connectivity index (χ3v) is 6.89. The first kappa shape index (κ1) is 25.5. The highest BCUT2D eigenvalue weighted by atomic mass is 79.9. The van der Waals surface area contributed by atoms with Crippen LogP contribution in [0.4, 0.5) is 5.69 Å². The van der Waals surface area contributed by atoms with E-state index < -0.39 is 0 Å². The van der Waals surface area contributed by atoms with Crippen LogP contribution in [0, 0.1) is 13.8 Å². The number of carbonyl (C=O) groups excluding carboxylic acids is 1. The molecule has 1 amide bonds. The molecule has 0 atom stereocenters. The Morgan fingerprint density at radius 2 is 2.03 bits per heavy atom. The molecule has 0 fully saturated rings. The summed E-state index contributed by atoms with van der Waals surface area (Å²) in [5.41, 5.74) is 2.96. The average Bonchev–Trinajstić information content (AvgIpc) is 3.15. The molecule has 0 unspecified atom stereocenters. The summed E-state index contributed by atoms with van der Waals surface area (Å²) in [6, 6.07) is 11.8. The van der Waals surface area contributed by atoms with Crippen LogP contribution in [-0.4, -0.2) is 33.0 Å². The highest BCUT2D eigenvalue weighted by molar-refractivity contribution is 9.10. The summed E-state index contributed by atoms with van der Waals surface area (Å²) in [4.78, 5) is 12.4. The smallest absolute Gasteiger partial charge is 0.234 e. The van der Waals surface area contributed by atoms with Gasteiger partial charge in [-0.2, -0.15) is 0 Å². The molecule has 0 spiro atoms. The van der Waals surface area contributed by atoms with Gasteiger partial charge in [0.05, 0.1) is 18.0 Å². The Kier molecular flexibility index (Phi) is 9.58. The van der Waals surface area contributed by atoms with Crippen molar-refractivity contribution in [2.24, 2.45) is 0 Å². The standard InChI is InChI=1S/C24H26Br2N4O2S/c1-4-11-30-22(6-5-12-32-21-10-8-18(25)14-17(21)3)28-29-24(30)33-15-23(31)27-20-9-7-16(2)13-19(20)26/h4,7-10,13-14H,1,5-6,11-12,15H2,2-3H3,(H,27,31). The number of anilines is 1. The van der Waals surface area contributed by atoms with Crippen molar-refractivity contribution >= 4 is 55.2 Å². The first-order valence-electron chi connectivity index (χ1n) is 10.5. The normalized spacial score (nSPS) is 10.8. The molecule has 1 aromatic heterocycles. The van der Waals surface area contributed by atoms with Crippen LogP contribution in [0.15, 0.2) is 63.2 Å². The van der Waals surface area contributed by atoms with E-state index in [0.29, 0.717) is 18.3 Å². The zero-order valence-electron chi connectivity index (χ0n) is 18.6. The number of halogens is 2. The molecule has 1 N–H and O–H groups in total. The second-order valence-corrected chi connectivity index (χ2v) is 10.2. The summed E-state index contributed by atoms with van der Waals surface area (Å²) in [5.74, 6) is 1.88. The molecule has 0 radical (unpaired) electrons. The minimum atomic E-state index is -0.0995. The summed E-state index contributed by atoms with van der Waals surface area (Å²) in [6.07, 6.45) is 3.33. The molecular weight excluding hydrogens is 568 g/mol. The summed E-state index contributed by atoms with van der Waals surface area (Å²) >= 11 is 8.32. The number of nitrogens with one attached hydrogen (secondary N) is 1.